The molecule has 0 spiro atoms. The highest BCUT2D eigenvalue weighted by molar-refractivity contribution is 5.94. The van der Waals surface area contributed by atoms with Crippen molar-refractivity contribution in [3.8, 4) is 6.07 Å². The molecule has 11 heteroatoms. The minimum absolute atomic E-state index is 0.0210. The Kier molecular flexibility index (Phi) is 6.27. The number of hydrogen-bond acceptors (Lipinski definition) is 5. The maximum absolute atomic E-state index is 13.7. The maximum atomic E-state index is 13.7. The number of amides is 2. The number of carbonyl (C=O) groups is 1. The minimum atomic E-state index is -4.53. The fraction of sp³-hybridized carbons (Fsp3) is 0.385. The first-order chi connectivity index (χ1) is 17.7. The first-order valence-corrected chi connectivity index (χ1v) is 12.0. The van der Waals surface area contributed by atoms with Crippen molar-refractivity contribution in [2.45, 2.75) is 45.1 Å². The van der Waals surface area contributed by atoms with E-state index in [1.807, 2.05) is 19.2 Å². The molecule has 1 aromatic carbocycles. The lowest BCUT2D eigenvalue weighted by atomic mass is 9.99. The zero-order valence-electron chi connectivity index (χ0n) is 20.5. The van der Waals surface area contributed by atoms with Gasteiger partial charge in [0.2, 0.25) is 0 Å². The normalized spacial score (nSPS) is 16.6. The number of anilines is 2. The summed E-state index contributed by atoms with van der Waals surface area (Å²) in [6.45, 7) is 3.32. The molecule has 8 nitrogen and oxygen atoms in total. The van der Waals surface area contributed by atoms with Crippen molar-refractivity contribution in [3.05, 3.63) is 70.7 Å². The molecular weight excluding hydrogens is 483 g/mol. The smallest absolute Gasteiger partial charge is 0.369 e. The molecule has 2 amide bonds. The summed E-state index contributed by atoms with van der Waals surface area (Å²) >= 11 is 0. The molecule has 0 aliphatic carbocycles. The van der Waals surface area contributed by atoms with E-state index in [1.54, 1.807) is 28.9 Å². The van der Waals surface area contributed by atoms with E-state index < -0.39 is 11.7 Å². The fourth-order valence-electron chi connectivity index (χ4n) is 5.33. The summed E-state index contributed by atoms with van der Waals surface area (Å²) in [5.74, 6) is 0.391. The molecular formula is C26H26F3N7O. The number of urea groups is 1. The predicted molar refractivity (Wildman–Crippen MR) is 131 cm³/mol. The summed E-state index contributed by atoms with van der Waals surface area (Å²) < 4.78 is 42.6. The lowest BCUT2D eigenvalue weighted by Gasteiger charge is -2.43. The Morgan fingerprint density at radius 3 is 2.59 bits per heavy atom. The number of hydrogen-bond donors (Lipinski definition) is 0. The number of alkyl halides is 3. The molecule has 0 radical (unpaired) electrons. The van der Waals surface area contributed by atoms with Crippen LogP contribution in [-0.4, -0.2) is 44.8 Å². The van der Waals surface area contributed by atoms with Crippen LogP contribution in [0, 0.1) is 18.3 Å². The van der Waals surface area contributed by atoms with Crippen molar-refractivity contribution in [1.29, 1.82) is 5.26 Å². The highest BCUT2D eigenvalue weighted by Gasteiger charge is 2.40. The topological polar surface area (TPSA) is 81.3 Å². The first-order valence-electron chi connectivity index (χ1n) is 12.0. The number of nitriles is 1. The lowest BCUT2D eigenvalue weighted by molar-refractivity contribution is -0.138. The second-order valence-corrected chi connectivity index (χ2v) is 9.46. The van der Waals surface area contributed by atoms with Gasteiger partial charge in [-0.05, 0) is 43.0 Å². The number of pyridine rings is 1. The summed E-state index contributed by atoms with van der Waals surface area (Å²) in [5.41, 5.74) is 2.21. The molecule has 0 saturated carbocycles. The van der Waals surface area contributed by atoms with E-state index >= 15 is 0 Å². The van der Waals surface area contributed by atoms with Crippen LogP contribution in [0.2, 0.25) is 0 Å². The third-order valence-electron chi connectivity index (χ3n) is 7.06. The third-order valence-corrected chi connectivity index (χ3v) is 7.06. The number of rotatable bonds is 4. The Balaban J connectivity index is 1.40. The summed E-state index contributed by atoms with van der Waals surface area (Å²) in [4.78, 5) is 23.1. The van der Waals surface area contributed by atoms with Crippen LogP contribution in [0.4, 0.5) is 29.5 Å². The van der Waals surface area contributed by atoms with Crippen molar-refractivity contribution >= 4 is 17.5 Å². The summed E-state index contributed by atoms with van der Waals surface area (Å²) in [6, 6.07) is 8.91. The Hall–Kier alpha value is -4.07. The highest BCUT2D eigenvalue weighted by atomic mass is 19.4. The van der Waals surface area contributed by atoms with Gasteiger partial charge in [-0.25, -0.2) is 9.78 Å². The number of aromatic nitrogens is 3. The summed E-state index contributed by atoms with van der Waals surface area (Å²) in [5, 5.41) is 13.9. The number of fused-ring (bicyclic) bond motifs is 1. The van der Waals surface area contributed by atoms with E-state index in [9.17, 15) is 23.2 Å². The van der Waals surface area contributed by atoms with Crippen LogP contribution in [0.5, 0.6) is 0 Å². The number of halogens is 3. The lowest BCUT2D eigenvalue weighted by Crippen LogP contribution is -2.54. The van der Waals surface area contributed by atoms with Gasteiger partial charge in [-0.15, -0.1) is 0 Å². The number of nitrogens with zero attached hydrogens (tertiary/aromatic N) is 7. The van der Waals surface area contributed by atoms with Crippen molar-refractivity contribution in [1.82, 2.24) is 19.7 Å². The Morgan fingerprint density at radius 1 is 1.16 bits per heavy atom. The van der Waals surface area contributed by atoms with Crippen LogP contribution in [0.25, 0.3) is 0 Å². The number of piperidine rings is 1. The molecule has 2 aliphatic heterocycles. The first kappa shape index (κ1) is 24.6. The molecule has 4 heterocycles. The van der Waals surface area contributed by atoms with E-state index in [0.29, 0.717) is 44.0 Å². The summed E-state index contributed by atoms with van der Waals surface area (Å²) in [7, 11) is 1.73. The van der Waals surface area contributed by atoms with E-state index in [-0.39, 0.29) is 24.2 Å². The van der Waals surface area contributed by atoms with E-state index in [4.69, 9.17) is 0 Å². The van der Waals surface area contributed by atoms with Gasteiger partial charge in [0.15, 0.2) is 11.5 Å². The third kappa shape index (κ3) is 4.59. The van der Waals surface area contributed by atoms with E-state index in [0.717, 1.165) is 22.9 Å². The zero-order chi connectivity index (χ0) is 26.3. The van der Waals surface area contributed by atoms with Gasteiger partial charge >= 0.3 is 12.2 Å². The molecule has 0 N–H and O–H groups in total. The van der Waals surface area contributed by atoms with Gasteiger partial charge in [-0.1, -0.05) is 18.2 Å². The van der Waals surface area contributed by atoms with Crippen LogP contribution < -0.4 is 9.80 Å². The molecule has 2 aliphatic rings. The molecule has 0 unspecified atom stereocenters. The Labute approximate surface area is 212 Å². The SMILES string of the molecule is Cc1ccnc(C#N)c1N1CCC(N2Cc3cn(C)nc3N(Cc3ccccc3C(F)(F)F)C2=O)CC1. The summed E-state index contributed by atoms with van der Waals surface area (Å²) in [6.07, 6.45) is 0.223. The molecule has 192 valence electrons. The van der Waals surface area contributed by atoms with Crippen LogP contribution in [0.3, 0.4) is 0 Å². The van der Waals surface area contributed by atoms with Gasteiger partial charge in [-0.2, -0.15) is 23.5 Å². The molecule has 1 saturated heterocycles. The average molecular weight is 510 g/mol. The predicted octanol–water partition coefficient (Wildman–Crippen LogP) is 4.63. The minimum Gasteiger partial charge on any atom is -0.369 e. The van der Waals surface area contributed by atoms with Crippen LogP contribution >= 0.6 is 0 Å². The van der Waals surface area contributed by atoms with Gasteiger partial charge < -0.3 is 9.80 Å². The van der Waals surface area contributed by atoms with Gasteiger partial charge in [0.05, 0.1) is 24.3 Å². The van der Waals surface area contributed by atoms with Crippen molar-refractivity contribution in [3.63, 3.8) is 0 Å². The average Bonchev–Trinajstić information content (AvgIpc) is 3.25. The molecule has 0 bridgehead atoms. The molecule has 2 aromatic heterocycles. The van der Waals surface area contributed by atoms with Crippen LogP contribution in [0.1, 0.15) is 40.8 Å². The number of benzene rings is 1. The standard InChI is InChI=1S/C26H26F3N7O/c1-17-7-10-31-22(13-30)23(17)34-11-8-20(9-12-34)35-16-19-14-33(2)32-24(19)36(25(35)37)15-18-5-3-4-6-21(18)26(27,28)29/h3-7,10,14,20H,8-9,11-12,15-16H2,1-2H3. The van der Waals surface area contributed by atoms with E-state index in [1.165, 1.54) is 17.0 Å². The van der Waals surface area contributed by atoms with Crippen LogP contribution in [0.15, 0.2) is 42.7 Å². The van der Waals surface area contributed by atoms with E-state index in [2.05, 4.69) is 21.1 Å². The second kappa shape index (κ2) is 9.42. The van der Waals surface area contributed by atoms with Crippen molar-refractivity contribution in [2.75, 3.05) is 22.9 Å². The zero-order valence-corrected chi connectivity index (χ0v) is 20.5. The van der Waals surface area contributed by atoms with Crippen LogP contribution in [-0.2, 0) is 26.3 Å². The van der Waals surface area contributed by atoms with Gasteiger partial charge in [0, 0.05) is 44.1 Å². The van der Waals surface area contributed by atoms with Gasteiger partial charge in [0.1, 0.15) is 6.07 Å². The second-order valence-electron chi connectivity index (χ2n) is 9.46. The molecule has 0 atom stereocenters. The highest BCUT2D eigenvalue weighted by Crippen LogP contribution is 2.36. The Morgan fingerprint density at radius 2 is 1.89 bits per heavy atom. The maximum Gasteiger partial charge on any atom is 0.416 e. The fourth-order valence-corrected chi connectivity index (χ4v) is 5.33. The van der Waals surface area contributed by atoms with Gasteiger partial charge in [-0.3, -0.25) is 9.58 Å². The molecule has 5 rings (SSSR count). The number of aryl methyl sites for hydroxylation is 2. The quantitative estimate of drug-likeness (QED) is 0.513. The molecule has 1 fully saturated rings. The molecule has 37 heavy (non-hydrogen) atoms. The van der Waals surface area contributed by atoms with Crippen molar-refractivity contribution < 1.29 is 18.0 Å². The Bertz CT molecular complexity index is 1370. The monoisotopic (exact) mass is 509 g/mol. The molecule has 3 aromatic rings. The van der Waals surface area contributed by atoms with Gasteiger partial charge in [0.25, 0.3) is 0 Å². The number of carbonyl (C=O) groups excluding carboxylic acids is 1. The largest absolute Gasteiger partial charge is 0.416 e. The van der Waals surface area contributed by atoms with Crippen molar-refractivity contribution in [2.24, 2.45) is 7.05 Å².